The first-order valence-electron chi connectivity index (χ1n) is 6.15. The van der Waals surface area contributed by atoms with Crippen molar-refractivity contribution >= 4 is 0 Å². The molecule has 0 fully saturated rings. The van der Waals surface area contributed by atoms with Crippen molar-refractivity contribution in [3.8, 4) is 0 Å². The van der Waals surface area contributed by atoms with E-state index in [-0.39, 0.29) is 0 Å². The smallest absolute Gasteiger partial charge is 0.0323 e. The zero-order chi connectivity index (χ0) is 10.8. The zero-order valence-corrected chi connectivity index (χ0v) is 10.3. The Morgan fingerprint density at radius 1 is 1.29 bits per heavy atom. The normalized spacial score (nSPS) is 14.4. The molecule has 0 aromatic heterocycles. The van der Waals surface area contributed by atoms with Gasteiger partial charge in [-0.1, -0.05) is 58.1 Å². The van der Waals surface area contributed by atoms with Crippen LogP contribution >= 0.6 is 0 Å². The van der Waals surface area contributed by atoms with Crippen LogP contribution in [-0.2, 0) is 0 Å². The van der Waals surface area contributed by atoms with E-state index in [4.69, 9.17) is 0 Å². The molecule has 0 aliphatic heterocycles. The number of unbranched alkanes of at least 4 members (excludes halogenated alkanes) is 1. The van der Waals surface area contributed by atoms with Gasteiger partial charge < -0.3 is 0 Å². The summed E-state index contributed by atoms with van der Waals surface area (Å²) in [6.45, 7) is 10.7. The summed E-state index contributed by atoms with van der Waals surface area (Å²) in [6.07, 6.45) is 11.3. The fourth-order valence-corrected chi connectivity index (χ4v) is 1.82. The molecule has 0 saturated carbocycles. The highest BCUT2D eigenvalue weighted by molar-refractivity contribution is 4.96. The fourth-order valence-electron chi connectivity index (χ4n) is 1.82. The molecule has 0 heterocycles. The fraction of sp³-hybridized carbons (Fsp3) is 0.786. The highest BCUT2D eigenvalue weighted by Gasteiger charge is 2.01. The van der Waals surface area contributed by atoms with Crippen molar-refractivity contribution in [2.24, 2.45) is 5.92 Å². The van der Waals surface area contributed by atoms with Crippen LogP contribution in [0.25, 0.3) is 0 Å². The Bertz CT molecular complexity index is 144. The molecule has 0 aliphatic carbocycles. The second-order valence-electron chi connectivity index (χ2n) is 4.45. The Balaban J connectivity index is 3.39. The minimum absolute atomic E-state index is 0.895. The predicted molar refractivity (Wildman–Crippen MR) is 66.3 cm³/mol. The van der Waals surface area contributed by atoms with Crippen LogP contribution in [0.2, 0.25) is 0 Å². The molecule has 0 N–H and O–H groups in total. The molecule has 0 saturated heterocycles. The van der Waals surface area contributed by atoms with Gasteiger partial charge in [-0.3, -0.25) is 0 Å². The molecule has 0 heteroatoms. The van der Waals surface area contributed by atoms with Gasteiger partial charge in [0.25, 0.3) is 0 Å². The summed E-state index contributed by atoms with van der Waals surface area (Å²) in [7, 11) is 0. The molecule has 0 rings (SSSR count). The molecular weight excluding hydrogens is 168 g/mol. The first-order valence-corrected chi connectivity index (χ1v) is 6.15. The van der Waals surface area contributed by atoms with Gasteiger partial charge in [-0.25, -0.2) is 0 Å². The summed E-state index contributed by atoms with van der Waals surface area (Å²) in [6, 6.07) is 0. The Kier molecular flexibility index (Phi) is 9.13. The molecule has 14 heavy (non-hydrogen) atoms. The van der Waals surface area contributed by atoms with E-state index >= 15 is 0 Å². The van der Waals surface area contributed by atoms with Gasteiger partial charge >= 0.3 is 0 Å². The van der Waals surface area contributed by atoms with E-state index in [0.29, 0.717) is 0 Å². The van der Waals surface area contributed by atoms with Crippen molar-refractivity contribution in [3.63, 3.8) is 0 Å². The molecular formula is C14H27. The topological polar surface area (TPSA) is 0 Å². The SMILES string of the molecule is [CH2]CCCC(C)CCCC(C)=CCC. The third-order valence-electron chi connectivity index (χ3n) is 2.77. The van der Waals surface area contributed by atoms with E-state index in [9.17, 15) is 0 Å². The van der Waals surface area contributed by atoms with E-state index < -0.39 is 0 Å². The van der Waals surface area contributed by atoms with Gasteiger partial charge in [-0.2, -0.15) is 0 Å². The lowest BCUT2D eigenvalue weighted by Crippen LogP contribution is -1.94. The molecule has 0 aromatic carbocycles. The Morgan fingerprint density at radius 3 is 2.50 bits per heavy atom. The molecule has 0 amide bonds. The molecule has 0 bridgehead atoms. The summed E-state index contributed by atoms with van der Waals surface area (Å²) in [5.41, 5.74) is 1.57. The van der Waals surface area contributed by atoms with Gasteiger partial charge in [0.05, 0.1) is 0 Å². The predicted octanol–water partition coefficient (Wildman–Crippen LogP) is 5.15. The van der Waals surface area contributed by atoms with Crippen molar-refractivity contribution < 1.29 is 0 Å². The first kappa shape index (κ1) is 13.7. The van der Waals surface area contributed by atoms with Gasteiger partial charge in [-0.05, 0) is 32.1 Å². The average Bonchev–Trinajstić information content (AvgIpc) is 2.15. The Hall–Kier alpha value is -0.260. The summed E-state index contributed by atoms with van der Waals surface area (Å²) in [4.78, 5) is 0. The third-order valence-corrected chi connectivity index (χ3v) is 2.77. The largest absolute Gasteiger partial charge is 0.0859 e. The van der Waals surface area contributed by atoms with Crippen LogP contribution in [0, 0.1) is 12.8 Å². The van der Waals surface area contributed by atoms with Crippen molar-refractivity contribution in [2.75, 3.05) is 0 Å². The van der Waals surface area contributed by atoms with Crippen LogP contribution in [0.5, 0.6) is 0 Å². The Morgan fingerprint density at radius 2 is 1.93 bits per heavy atom. The summed E-state index contributed by atoms with van der Waals surface area (Å²) >= 11 is 0. The van der Waals surface area contributed by atoms with E-state index in [1.165, 1.54) is 38.5 Å². The maximum atomic E-state index is 3.88. The molecule has 83 valence electrons. The summed E-state index contributed by atoms with van der Waals surface area (Å²) in [5.74, 6) is 0.895. The van der Waals surface area contributed by atoms with Crippen LogP contribution in [0.15, 0.2) is 11.6 Å². The Labute approximate surface area is 90.8 Å². The number of allylic oxidation sites excluding steroid dienone is 2. The lowest BCUT2D eigenvalue weighted by Gasteiger charge is -2.10. The van der Waals surface area contributed by atoms with E-state index in [1.807, 2.05) is 0 Å². The standard InChI is InChI=1S/C14H27/c1-5-7-10-14(4)12-8-11-13(3)9-6-2/h9,14H,1,5-8,10-12H2,2-4H3. The third kappa shape index (κ3) is 8.34. The average molecular weight is 195 g/mol. The van der Waals surface area contributed by atoms with Gasteiger partial charge in [0.15, 0.2) is 0 Å². The van der Waals surface area contributed by atoms with Crippen LogP contribution in [0.1, 0.15) is 65.7 Å². The molecule has 1 radical (unpaired) electrons. The van der Waals surface area contributed by atoms with Crippen LogP contribution in [0.4, 0.5) is 0 Å². The van der Waals surface area contributed by atoms with Crippen molar-refractivity contribution in [1.29, 1.82) is 0 Å². The van der Waals surface area contributed by atoms with Crippen molar-refractivity contribution in [1.82, 2.24) is 0 Å². The first-order chi connectivity index (χ1) is 6.70. The van der Waals surface area contributed by atoms with Crippen LogP contribution < -0.4 is 0 Å². The molecule has 1 atom stereocenters. The number of rotatable bonds is 8. The summed E-state index contributed by atoms with van der Waals surface area (Å²) in [5, 5.41) is 0. The highest BCUT2D eigenvalue weighted by atomic mass is 14.1. The molecule has 0 aliphatic rings. The van der Waals surface area contributed by atoms with E-state index in [2.05, 4.69) is 33.8 Å². The second-order valence-corrected chi connectivity index (χ2v) is 4.45. The lowest BCUT2D eigenvalue weighted by molar-refractivity contribution is 0.461. The van der Waals surface area contributed by atoms with Crippen LogP contribution in [0.3, 0.4) is 0 Å². The lowest BCUT2D eigenvalue weighted by atomic mass is 9.96. The molecule has 1 unspecified atom stereocenters. The molecule has 0 nitrogen and oxygen atoms in total. The molecule has 0 spiro atoms. The van der Waals surface area contributed by atoms with Gasteiger partial charge in [0.2, 0.25) is 0 Å². The minimum atomic E-state index is 0.895. The van der Waals surface area contributed by atoms with Gasteiger partial charge in [0, 0.05) is 0 Å². The summed E-state index contributed by atoms with van der Waals surface area (Å²) < 4.78 is 0. The van der Waals surface area contributed by atoms with E-state index in [0.717, 1.165) is 12.3 Å². The maximum absolute atomic E-state index is 3.88. The van der Waals surface area contributed by atoms with Crippen LogP contribution in [-0.4, -0.2) is 0 Å². The number of hydrogen-bond donors (Lipinski definition) is 0. The molecule has 0 aromatic rings. The highest BCUT2D eigenvalue weighted by Crippen LogP contribution is 2.17. The van der Waals surface area contributed by atoms with E-state index in [1.54, 1.807) is 5.57 Å². The van der Waals surface area contributed by atoms with Gasteiger partial charge in [-0.15, -0.1) is 0 Å². The maximum Gasteiger partial charge on any atom is -0.0323 e. The zero-order valence-electron chi connectivity index (χ0n) is 10.3. The minimum Gasteiger partial charge on any atom is -0.0859 e. The van der Waals surface area contributed by atoms with Crippen molar-refractivity contribution in [2.45, 2.75) is 65.7 Å². The quantitative estimate of drug-likeness (QED) is 0.470. The second kappa shape index (κ2) is 9.30. The monoisotopic (exact) mass is 195 g/mol. The van der Waals surface area contributed by atoms with Crippen molar-refractivity contribution in [3.05, 3.63) is 18.6 Å². The number of hydrogen-bond acceptors (Lipinski definition) is 0. The van der Waals surface area contributed by atoms with Gasteiger partial charge in [0.1, 0.15) is 0 Å².